The Kier molecular flexibility index (Phi) is 8.93. The third-order valence-electron chi connectivity index (χ3n) is 7.25. The largest absolute Gasteiger partial charge is 0.381 e. The lowest BCUT2D eigenvalue weighted by Gasteiger charge is -2.38. The molecular formula is C27H32ClN7OS2. The Hall–Kier alpha value is -2.53. The number of rotatable bonds is 7. The number of nitrogens with zero attached hydrogens (tertiary/aromatic N) is 5. The monoisotopic (exact) mass is 569 g/mol. The summed E-state index contributed by atoms with van der Waals surface area (Å²) in [5, 5.41) is 9.30. The lowest BCUT2D eigenvalue weighted by Crippen LogP contribution is -2.45. The molecule has 0 unspecified atom stereocenters. The van der Waals surface area contributed by atoms with Gasteiger partial charge in [-0.1, -0.05) is 30.7 Å². The van der Waals surface area contributed by atoms with Gasteiger partial charge in [-0.05, 0) is 79.3 Å². The molecule has 0 radical (unpaired) electrons. The Bertz CT molecular complexity index is 1220. The van der Waals surface area contributed by atoms with E-state index in [2.05, 4.69) is 44.6 Å². The highest BCUT2D eigenvalue weighted by molar-refractivity contribution is 7.99. The van der Waals surface area contributed by atoms with E-state index in [9.17, 15) is 0 Å². The van der Waals surface area contributed by atoms with E-state index in [1.807, 2.05) is 18.2 Å². The van der Waals surface area contributed by atoms with E-state index < -0.39 is 0 Å². The van der Waals surface area contributed by atoms with E-state index in [1.165, 1.54) is 17.3 Å². The van der Waals surface area contributed by atoms with Gasteiger partial charge in [0.25, 0.3) is 0 Å². The quantitative estimate of drug-likeness (QED) is 0.221. The molecule has 11 heteroatoms. The smallest absolute Gasteiger partial charge is 0.232 e. The van der Waals surface area contributed by atoms with Crippen LogP contribution in [0.25, 0.3) is 0 Å². The number of thiocarbonyl (C=S) groups is 1. The Morgan fingerprint density at radius 3 is 2.55 bits per heavy atom. The average Bonchev–Trinajstić information content (AvgIpc) is 2.94. The highest BCUT2D eigenvalue weighted by Gasteiger charge is 2.34. The second kappa shape index (κ2) is 12.5. The summed E-state index contributed by atoms with van der Waals surface area (Å²) < 4.78 is 5.67. The van der Waals surface area contributed by atoms with Crippen molar-refractivity contribution in [2.45, 2.75) is 48.2 Å². The van der Waals surface area contributed by atoms with Gasteiger partial charge in [-0.2, -0.15) is 4.98 Å². The van der Waals surface area contributed by atoms with Crippen LogP contribution in [0.2, 0.25) is 5.02 Å². The van der Waals surface area contributed by atoms with Crippen LogP contribution in [0.3, 0.4) is 0 Å². The SMILES string of the molecule is CC1CCN(c2cc(Sc3ncccn3)nc(NC(=S)NCC3(c4ccc(Cl)cc4)CCOCC3)n2)CC1. The molecule has 0 atom stereocenters. The molecule has 5 rings (SSSR count). The zero-order valence-corrected chi connectivity index (χ0v) is 23.8. The second-order valence-corrected chi connectivity index (χ2v) is 11.7. The second-order valence-electron chi connectivity index (χ2n) is 9.90. The van der Waals surface area contributed by atoms with E-state index >= 15 is 0 Å². The number of ether oxygens (including phenoxy) is 1. The van der Waals surface area contributed by atoms with Crippen LogP contribution in [0.5, 0.6) is 0 Å². The fourth-order valence-electron chi connectivity index (χ4n) is 4.88. The van der Waals surface area contributed by atoms with Crippen molar-refractivity contribution < 1.29 is 4.74 Å². The number of hydrogen-bond acceptors (Lipinski definition) is 8. The summed E-state index contributed by atoms with van der Waals surface area (Å²) in [4.78, 5) is 20.6. The normalized spacial score (nSPS) is 17.7. The van der Waals surface area contributed by atoms with Crippen molar-refractivity contribution in [1.82, 2.24) is 25.3 Å². The number of piperidine rings is 1. The van der Waals surface area contributed by atoms with E-state index in [0.717, 1.165) is 60.6 Å². The Morgan fingerprint density at radius 2 is 1.84 bits per heavy atom. The predicted molar refractivity (Wildman–Crippen MR) is 156 cm³/mol. The van der Waals surface area contributed by atoms with Crippen LogP contribution in [0.15, 0.2) is 59.0 Å². The maximum atomic E-state index is 6.16. The maximum Gasteiger partial charge on any atom is 0.232 e. The molecule has 1 aromatic carbocycles. The first-order chi connectivity index (χ1) is 18.5. The molecule has 2 N–H and O–H groups in total. The third kappa shape index (κ3) is 6.91. The first-order valence-electron chi connectivity index (χ1n) is 13.0. The molecule has 4 heterocycles. The number of anilines is 2. The molecular weight excluding hydrogens is 538 g/mol. The van der Waals surface area contributed by atoms with Crippen molar-refractivity contribution in [3.05, 3.63) is 59.4 Å². The van der Waals surface area contributed by atoms with Crippen molar-refractivity contribution in [1.29, 1.82) is 0 Å². The number of nitrogens with one attached hydrogen (secondary N) is 2. The van der Waals surface area contributed by atoms with Crippen molar-refractivity contribution in [2.24, 2.45) is 5.92 Å². The van der Waals surface area contributed by atoms with Gasteiger partial charge in [-0.3, -0.25) is 0 Å². The lowest BCUT2D eigenvalue weighted by atomic mass is 9.74. The van der Waals surface area contributed by atoms with Crippen LogP contribution in [0.1, 0.15) is 38.2 Å². The van der Waals surface area contributed by atoms with E-state index in [1.54, 1.807) is 18.5 Å². The van der Waals surface area contributed by atoms with Gasteiger partial charge in [0.05, 0.1) is 0 Å². The number of aromatic nitrogens is 4. The summed E-state index contributed by atoms with van der Waals surface area (Å²) in [7, 11) is 0. The summed E-state index contributed by atoms with van der Waals surface area (Å²) in [5.41, 5.74) is 1.15. The van der Waals surface area contributed by atoms with Gasteiger partial charge >= 0.3 is 0 Å². The molecule has 0 aliphatic carbocycles. The number of halogens is 1. The molecule has 2 aliphatic rings. The van der Waals surface area contributed by atoms with Gasteiger partial charge in [-0.15, -0.1) is 0 Å². The fraction of sp³-hybridized carbons (Fsp3) is 0.444. The van der Waals surface area contributed by atoms with Gasteiger partial charge in [-0.25, -0.2) is 15.0 Å². The third-order valence-corrected chi connectivity index (χ3v) is 8.56. The van der Waals surface area contributed by atoms with E-state index in [4.69, 9.17) is 38.5 Å². The zero-order valence-electron chi connectivity index (χ0n) is 21.4. The van der Waals surface area contributed by atoms with Crippen molar-refractivity contribution >= 4 is 52.5 Å². The molecule has 2 saturated heterocycles. The highest BCUT2D eigenvalue weighted by atomic mass is 35.5. The fourth-order valence-corrected chi connectivity index (χ4v) is 5.88. The summed E-state index contributed by atoms with van der Waals surface area (Å²) in [6, 6.07) is 11.9. The first kappa shape index (κ1) is 27.1. The Balaban J connectivity index is 1.32. The van der Waals surface area contributed by atoms with Crippen LogP contribution < -0.4 is 15.5 Å². The first-order valence-corrected chi connectivity index (χ1v) is 14.6. The topological polar surface area (TPSA) is 88.1 Å². The van der Waals surface area contributed by atoms with Crippen LogP contribution >= 0.6 is 35.6 Å². The molecule has 0 bridgehead atoms. The molecule has 0 spiro atoms. The van der Waals surface area contributed by atoms with Crippen LogP contribution in [0, 0.1) is 5.92 Å². The van der Waals surface area contributed by atoms with Gasteiger partial charge in [0.15, 0.2) is 10.3 Å². The lowest BCUT2D eigenvalue weighted by molar-refractivity contribution is 0.0515. The summed E-state index contributed by atoms with van der Waals surface area (Å²) >= 11 is 13.3. The molecule has 2 fully saturated rings. The standard InChI is InChI=1S/C27H32ClN7OS2/c1-19-7-13-35(14-8-19)22-17-23(38-26-29-11-2-12-30-26)33-24(32-22)34-25(37)31-18-27(9-15-36-16-10-27)20-3-5-21(28)6-4-20/h2-6,11-12,17,19H,7-10,13-16,18H2,1H3,(H2,31,32,33,34,37). The molecule has 0 saturated carbocycles. The summed E-state index contributed by atoms with van der Waals surface area (Å²) in [5.74, 6) is 2.08. The van der Waals surface area contributed by atoms with Crippen LogP contribution in [-0.2, 0) is 10.2 Å². The average molecular weight is 570 g/mol. The Labute approximate surface area is 238 Å². The summed E-state index contributed by atoms with van der Waals surface area (Å²) in [6.07, 6.45) is 7.56. The van der Waals surface area contributed by atoms with Crippen LogP contribution in [0.4, 0.5) is 11.8 Å². The van der Waals surface area contributed by atoms with Gasteiger partial charge in [0.2, 0.25) is 5.95 Å². The van der Waals surface area contributed by atoms with E-state index in [0.29, 0.717) is 36.0 Å². The van der Waals surface area contributed by atoms with Gasteiger partial charge < -0.3 is 20.3 Å². The predicted octanol–water partition coefficient (Wildman–Crippen LogP) is 5.34. The van der Waals surface area contributed by atoms with Gasteiger partial charge in [0, 0.05) is 61.7 Å². The Morgan fingerprint density at radius 1 is 1.13 bits per heavy atom. The minimum atomic E-state index is -0.0898. The van der Waals surface area contributed by atoms with Crippen molar-refractivity contribution in [3.63, 3.8) is 0 Å². The molecule has 8 nitrogen and oxygen atoms in total. The molecule has 2 aromatic heterocycles. The number of benzene rings is 1. The van der Waals surface area contributed by atoms with E-state index in [-0.39, 0.29) is 5.41 Å². The maximum absolute atomic E-state index is 6.16. The van der Waals surface area contributed by atoms with Crippen molar-refractivity contribution in [2.75, 3.05) is 43.1 Å². The molecule has 2 aliphatic heterocycles. The van der Waals surface area contributed by atoms with Crippen LogP contribution in [-0.4, -0.2) is 57.9 Å². The minimum Gasteiger partial charge on any atom is -0.381 e. The summed E-state index contributed by atoms with van der Waals surface area (Å²) in [6.45, 7) is 6.35. The molecule has 38 heavy (non-hydrogen) atoms. The minimum absolute atomic E-state index is 0.0898. The molecule has 200 valence electrons. The van der Waals surface area contributed by atoms with Gasteiger partial charge in [0.1, 0.15) is 10.8 Å². The zero-order chi connectivity index (χ0) is 26.4. The number of hydrogen-bond donors (Lipinski definition) is 2. The highest BCUT2D eigenvalue weighted by Crippen LogP contribution is 2.35. The molecule has 3 aromatic rings. The molecule has 0 amide bonds. The van der Waals surface area contributed by atoms with Crippen molar-refractivity contribution in [3.8, 4) is 0 Å².